The van der Waals surface area contributed by atoms with Crippen molar-refractivity contribution in [2.45, 2.75) is 44.9 Å². The molecule has 1 radical (unpaired) electrons. The van der Waals surface area contributed by atoms with E-state index in [0.717, 1.165) is 43.1 Å². The fourth-order valence-electron chi connectivity index (χ4n) is 1.09. The first kappa shape index (κ1) is 13.2. The Hall–Kier alpha value is 0.170. The lowest BCUT2D eigenvalue weighted by Crippen LogP contribution is -1.93. The van der Waals surface area contributed by atoms with Gasteiger partial charge in [-0.1, -0.05) is 25.7 Å². The van der Waals surface area contributed by atoms with Crippen LogP contribution in [-0.2, 0) is 4.79 Å². The van der Waals surface area contributed by atoms with Crippen molar-refractivity contribution in [1.29, 1.82) is 0 Å². The van der Waals surface area contributed by atoms with Crippen LogP contribution in [0.4, 0.5) is 0 Å². The van der Waals surface area contributed by atoms with Gasteiger partial charge in [0.25, 0.3) is 0 Å². The van der Waals surface area contributed by atoms with Gasteiger partial charge in [-0.05, 0) is 12.8 Å². The third-order valence-corrected chi connectivity index (χ3v) is 2.24. The largest absolute Gasteiger partial charge is 0.481 e. The molecule has 0 saturated heterocycles. The summed E-state index contributed by atoms with van der Waals surface area (Å²) in [6.07, 6.45) is 6.43. The third kappa shape index (κ3) is 12.2. The molecule has 0 aliphatic carbocycles. The maximum atomic E-state index is 10.2. The van der Waals surface area contributed by atoms with Crippen LogP contribution >= 0.6 is 25.3 Å². The van der Waals surface area contributed by atoms with Crippen molar-refractivity contribution in [3.8, 4) is 0 Å². The summed E-state index contributed by atoms with van der Waals surface area (Å²) >= 11 is 8.14. The molecular weight excluding hydrogens is 204 g/mol. The minimum atomic E-state index is -0.693. The van der Waals surface area contributed by atoms with Crippen LogP contribution in [-0.4, -0.2) is 11.1 Å². The predicted molar refractivity (Wildman–Crippen MR) is 61.2 cm³/mol. The number of aliphatic carboxylic acids is 1. The molecule has 77 valence electrons. The summed E-state index contributed by atoms with van der Waals surface area (Å²) in [5.41, 5.74) is 0. The summed E-state index contributed by atoms with van der Waals surface area (Å²) in [7, 11) is 0. The van der Waals surface area contributed by atoms with Gasteiger partial charge < -0.3 is 5.11 Å². The fourth-order valence-corrected chi connectivity index (χ4v) is 1.41. The van der Waals surface area contributed by atoms with Gasteiger partial charge in [0.15, 0.2) is 0 Å². The Morgan fingerprint density at radius 1 is 0.923 bits per heavy atom. The molecule has 1 N–H and O–H groups in total. The lowest BCUT2D eigenvalue weighted by Gasteiger charge is -2.01. The highest BCUT2D eigenvalue weighted by molar-refractivity contribution is 8.03. The number of rotatable bonds is 8. The molecule has 0 aliphatic rings. The molecule has 0 unspecified atom stereocenters. The van der Waals surface area contributed by atoms with Crippen molar-refractivity contribution in [3.63, 3.8) is 0 Å². The quantitative estimate of drug-likeness (QED) is 0.435. The molecule has 0 saturated carbocycles. The van der Waals surface area contributed by atoms with Crippen LogP contribution in [0.3, 0.4) is 0 Å². The van der Waals surface area contributed by atoms with E-state index in [2.05, 4.69) is 25.3 Å². The first-order valence-corrected chi connectivity index (χ1v) is 5.48. The van der Waals surface area contributed by atoms with E-state index in [1.54, 1.807) is 0 Å². The van der Waals surface area contributed by atoms with Crippen LogP contribution in [0.2, 0.25) is 0 Å². The molecule has 2 nitrogen and oxygen atoms in total. The van der Waals surface area contributed by atoms with Crippen LogP contribution in [0.5, 0.6) is 0 Å². The van der Waals surface area contributed by atoms with E-state index in [0.29, 0.717) is 6.42 Å². The summed E-state index contributed by atoms with van der Waals surface area (Å²) < 4.78 is 0.880. The van der Waals surface area contributed by atoms with Gasteiger partial charge in [0, 0.05) is 6.42 Å². The Morgan fingerprint density at radius 2 is 1.38 bits per heavy atom. The Balaban J connectivity index is 2.96. The molecule has 13 heavy (non-hydrogen) atoms. The van der Waals surface area contributed by atoms with E-state index in [1.807, 2.05) is 0 Å². The molecule has 0 aliphatic heterocycles. The Bertz CT molecular complexity index is 138. The SMILES string of the molecule is O=C(O)CCCCCCC[C](S)S. The van der Waals surface area contributed by atoms with Crippen molar-refractivity contribution in [2.75, 3.05) is 0 Å². The van der Waals surface area contributed by atoms with E-state index in [9.17, 15) is 4.79 Å². The molecule has 0 spiro atoms. The van der Waals surface area contributed by atoms with Gasteiger partial charge in [0.1, 0.15) is 0 Å². The van der Waals surface area contributed by atoms with E-state index in [4.69, 9.17) is 5.11 Å². The van der Waals surface area contributed by atoms with Gasteiger partial charge in [-0.3, -0.25) is 4.79 Å². The van der Waals surface area contributed by atoms with Crippen molar-refractivity contribution >= 4 is 31.2 Å². The van der Waals surface area contributed by atoms with Crippen LogP contribution in [0, 0.1) is 4.58 Å². The molecule has 0 aromatic rings. The minimum Gasteiger partial charge on any atom is -0.481 e. The molecule has 0 rings (SSSR count). The van der Waals surface area contributed by atoms with E-state index >= 15 is 0 Å². The number of hydrogen-bond donors (Lipinski definition) is 3. The van der Waals surface area contributed by atoms with Gasteiger partial charge >= 0.3 is 5.97 Å². The number of unbranched alkanes of at least 4 members (excludes halogenated alkanes) is 4. The molecule has 4 heteroatoms. The zero-order valence-electron chi connectivity index (χ0n) is 7.70. The van der Waals surface area contributed by atoms with Crippen LogP contribution in [0.15, 0.2) is 0 Å². The molecule has 0 fully saturated rings. The Morgan fingerprint density at radius 3 is 1.85 bits per heavy atom. The second-order valence-electron chi connectivity index (χ2n) is 3.08. The number of thiol groups is 2. The molecule has 0 atom stereocenters. The van der Waals surface area contributed by atoms with E-state index in [-0.39, 0.29) is 0 Å². The fraction of sp³-hybridized carbons (Fsp3) is 0.778. The normalized spacial score (nSPS) is 10.7. The van der Waals surface area contributed by atoms with E-state index < -0.39 is 5.97 Å². The summed E-state index contributed by atoms with van der Waals surface area (Å²) in [4.78, 5) is 10.2. The predicted octanol–water partition coefficient (Wildman–Crippen LogP) is 3.15. The van der Waals surface area contributed by atoms with Crippen molar-refractivity contribution in [1.82, 2.24) is 0 Å². The van der Waals surface area contributed by atoms with Crippen molar-refractivity contribution < 1.29 is 9.90 Å². The molecule has 0 aromatic carbocycles. The summed E-state index contributed by atoms with van der Waals surface area (Å²) in [5, 5.41) is 8.37. The molecular formula is C9H17O2S2. The number of carboxylic acid groups (broad SMARTS) is 1. The smallest absolute Gasteiger partial charge is 0.303 e. The highest BCUT2D eigenvalue weighted by Crippen LogP contribution is 2.19. The highest BCUT2D eigenvalue weighted by Gasteiger charge is 1.98. The summed E-state index contributed by atoms with van der Waals surface area (Å²) in [5.74, 6) is -0.693. The highest BCUT2D eigenvalue weighted by atomic mass is 32.2. The van der Waals surface area contributed by atoms with Gasteiger partial charge in [-0.15, -0.1) is 0 Å². The number of carboxylic acids is 1. The second-order valence-corrected chi connectivity index (χ2v) is 4.51. The van der Waals surface area contributed by atoms with Gasteiger partial charge in [0.2, 0.25) is 0 Å². The zero-order valence-corrected chi connectivity index (χ0v) is 9.49. The Labute approximate surface area is 90.9 Å². The molecule has 0 heterocycles. The maximum absolute atomic E-state index is 10.2. The first-order valence-electron chi connectivity index (χ1n) is 4.58. The Kier molecular flexibility index (Phi) is 8.87. The minimum absolute atomic E-state index is 0.302. The molecule has 0 aromatic heterocycles. The second kappa shape index (κ2) is 8.75. The molecule has 0 amide bonds. The van der Waals surface area contributed by atoms with Gasteiger partial charge in [0.05, 0.1) is 4.58 Å². The van der Waals surface area contributed by atoms with E-state index in [1.165, 1.54) is 0 Å². The standard InChI is InChI=1S/C9H17O2S2/c10-8(11)6-4-2-1-3-5-7-9(12)13/h12-13H,1-7H2,(H,10,11). The van der Waals surface area contributed by atoms with Gasteiger partial charge in [-0.2, -0.15) is 25.3 Å². The topological polar surface area (TPSA) is 37.3 Å². The van der Waals surface area contributed by atoms with Crippen LogP contribution < -0.4 is 0 Å². The van der Waals surface area contributed by atoms with Crippen LogP contribution in [0.25, 0.3) is 0 Å². The monoisotopic (exact) mass is 221 g/mol. The first-order chi connectivity index (χ1) is 6.13. The lowest BCUT2D eigenvalue weighted by molar-refractivity contribution is -0.137. The van der Waals surface area contributed by atoms with Crippen molar-refractivity contribution in [2.24, 2.45) is 0 Å². The maximum Gasteiger partial charge on any atom is 0.303 e. The molecule has 0 bridgehead atoms. The summed E-state index contributed by atoms with van der Waals surface area (Å²) in [6.45, 7) is 0. The average molecular weight is 221 g/mol. The average Bonchev–Trinajstić information content (AvgIpc) is 2.01. The summed E-state index contributed by atoms with van der Waals surface area (Å²) in [6, 6.07) is 0. The van der Waals surface area contributed by atoms with Gasteiger partial charge in [-0.25, -0.2) is 0 Å². The number of carbonyl (C=O) groups is 1. The number of hydrogen-bond acceptors (Lipinski definition) is 3. The third-order valence-electron chi connectivity index (χ3n) is 1.79. The van der Waals surface area contributed by atoms with Crippen LogP contribution in [0.1, 0.15) is 44.9 Å². The van der Waals surface area contributed by atoms with Crippen molar-refractivity contribution in [3.05, 3.63) is 4.58 Å². The lowest BCUT2D eigenvalue weighted by atomic mass is 10.1. The zero-order chi connectivity index (χ0) is 10.1.